The van der Waals surface area contributed by atoms with Gasteiger partial charge in [0.05, 0.1) is 4.88 Å². The van der Waals surface area contributed by atoms with Crippen molar-refractivity contribution in [1.29, 1.82) is 0 Å². The third kappa shape index (κ3) is 2.98. The van der Waals surface area contributed by atoms with E-state index < -0.39 is 0 Å². The number of pyridine rings is 1. The largest absolute Gasteiger partial charge is 0.383 e. The highest BCUT2D eigenvalue weighted by Crippen LogP contribution is 2.26. The highest BCUT2D eigenvalue weighted by molar-refractivity contribution is 9.10. The lowest BCUT2D eigenvalue weighted by molar-refractivity contribution is 0.0955. The molecule has 0 spiro atoms. The van der Waals surface area contributed by atoms with Crippen molar-refractivity contribution < 1.29 is 4.79 Å². The molecule has 2 aromatic heterocycles. The van der Waals surface area contributed by atoms with Gasteiger partial charge in [0.1, 0.15) is 5.82 Å². The van der Waals surface area contributed by atoms with Crippen molar-refractivity contribution in [3.63, 3.8) is 0 Å². The summed E-state index contributed by atoms with van der Waals surface area (Å²) in [6, 6.07) is 9.67. The Morgan fingerprint density at radius 2 is 2.18 bits per heavy atom. The van der Waals surface area contributed by atoms with E-state index in [1.807, 2.05) is 37.3 Å². The number of aryl methyl sites for hydroxylation is 1. The van der Waals surface area contributed by atoms with E-state index in [0.29, 0.717) is 17.2 Å². The lowest BCUT2D eigenvalue weighted by Gasteiger charge is -2.06. The Morgan fingerprint density at radius 1 is 1.36 bits per heavy atom. The van der Waals surface area contributed by atoms with Gasteiger partial charge in [0, 0.05) is 27.5 Å². The predicted molar refractivity (Wildman–Crippen MR) is 94.1 cm³/mol. The molecule has 0 aliphatic heterocycles. The van der Waals surface area contributed by atoms with E-state index in [0.717, 1.165) is 25.7 Å². The van der Waals surface area contributed by atoms with Gasteiger partial charge in [0.15, 0.2) is 0 Å². The van der Waals surface area contributed by atoms with Gasteiger partial charge in [0.25, 0.3) is 5.91 Å². The zero-order valence-corrected chi connectivity index (χ0v) is 14.3. The Hall–Kier alpha value is -1.92. The number of aromatic nitrogens is 1. The van der Waals surface area contributed by atoms with Gasteiger partial charge >= 0.3 is 0 Å². The molecule has 3 N–H and O–H groups in total. The monoisotopic (exact) mass is 375 g/mol. The van der Waals surface area contributed by atoms with E-state index in [-0.39, 0.29) is 5.91 Å². The molecule has 3 rings (SSSR count). The van der Waals surface area contributed by atoms with Crippen molar-refractivity contribution in [3.05, 3.63) is 56.3 Å². The van der Waals surface area contributed by atoms with Gasteiger partial charge in [-0.15, -0.1) is 11.3 Å². The SMILES string of the molecule is Cc1sc(C(=O)NCc2ccc3c(N)nccc3c2)cc1Br. The lowest BCUT2D eigenvalue weighted by atomic mass is 10.1. The van der Waals surface area contributed by atoms with Crippen molar-refractivity contribution >= 4 is 49.8 Å². The third-order valence-electron chi connectivity index (χ3n) is 3.39. The number of halogens is 1. The van der Waals surface area contributed by atoms with Crippen molar-refractivity contribution in [2.45, 2.75) is 13.5 Å². The summed E-state index contributed by atoms with van der Waals surface area (Å²) in [7, 11) is 0. The van der Waals surface area contributed by atoms with E-state index in [1.165, 1.54) is 11.3 Å². The van der Waals surface area contributed by atoms with Crippen LogP contribution in [0.1, 0.15) is 20.1 Å². The first-order valence-corrected chi connectivity index (χ1v) is 8.33. The molecule has 2 heterocycles. The van der Waals surface area contributed by atoms with E-state index in [1.54, 1.807) is 6.20 Å². The van der Waals surface area contributed by atoms with Crippen LogP contribution in [0, 0.1) is 6.92 Å². The molecule has 6 heteroatoms. The zero-order valence-electron chi connectivity index (χ0n) is 11.9. The Morgan fingerprint density at radius 3 is 2.91 bits per heavy atom. The average molecular weight is 376 g/mol. The summed E-state index contributed by atoms with van der Waals surface area (Å²) in [5.41, 5.74) is 6.86. The molecule has 1 aromatic carbocycles. The maximum absolute atomic E-state index is 12.1. The molecule has 22 heavy (non-hydrogen) atoms. The van der Waals surface area contributed by atoms with Crippen molar-refractivity contribution in [2.75, 3.05) is 5.73 Å². The van der Waals surface area contributed by atoms with Crippen molar-refractivity contribution in [3.8, 4) is 0 Å². The number of carbonyl (C=O) groups is 1. The van der Waals surface area contributed by atoms with E-state index >= 15 is 0 Å². The number of hydrogen-bond acceptors (Lipinski definition) is 4. The number of carbonyl (C=O) groups excluding carboxylic acids is 1. The summed E-state index contributed by atoms with van der Waals surface area (Å²) in [5, 5.41) is 4.89. The molecule has 3 aromatic rings. The molecule has 0 aliphatic rings. The Kier molecular flexibility index (Phi) is 4.13. The number of nitrogen functional groups attached to an aromatic ring is 1. The van der Waals surface area contributed by atoms with E-state index in [4.69, 9.17) is 5.73 Å². The first kappa shape index (κ1) is 15.0. The van der Waals surface area contributed by atoms with Crippen molar-refractivity contribution in [1.82, 2.24) is 10.3 Å². The molecule has 0 saturated carbocycles. The van der Waals surface area contributed by atoms with Crippen molar-refractivity contribution in [2.24, 2.45) is 0 Å². The van der Waals surface area contributed by atoms with Crippen LogP contribution in [0.2, 0.25) is 0 Å². The summed E-state index contributed by atoms with van der Waals surface area (Å²) in [5.74, 6) is 0.458. The smallest absolute Gasteiger partial charge is 0.261 e. The Labute approximate surface area is 140 Å². The fourth-order valence-electron chi connectivity index (χ4n) is 2.20. The molecule has 112 valence electrons. The molecule has 0 radical (unpaired) electrons. The molecule has 0 atom stereocenters. The molecule has 0 aliphatic carbocycles. The summed E-state index contributed by atoms with van der Waals surface area (Å²) in [4.78, 5) is 18.0. The maximum atomic E-state index is 12.1. The molecule has 0 bridgehead atoms. The first-order valence-electron chi connectivity index (χ1n) is 6.72. The summed E-state index contributed by atoms with van der Waals surface area (Å²) in [6.45, 7) is 2.46. The maximum Gasteiger partial charge on any atom is 0.261 e. The molecule has 4 nitrogen and oxygen atoms in total. The van der Waals surface area contributed by atoms with Gasteiger partial charge in [-0.25, -0.2) is 4.98 Å². The Bertz CT molecular complexity index is 840. The van der Waals surface area contributed by atoms with Crippen LogP contribution in [0.15, 0.2) is 41.0 Å². The first-order chi connectivity index (χ1) is 10.5. The number of thiophene rings is 1. The number of nitrogens with two attached hydrogens (primary N) is 1. The topological polar surface area (TPSA) is 68.0 Å². The Balaban J connectivity index is 1.75. The number of nitrogens with one attached hydrogen (secondary N) is 1. The molecule has 0 unspecified atom stereocenters. The van der Waals surface area contributed by atoms with Gasteiger partial charge in [-0.05, 0) is 52.0 Å². The number of anilines is 1. The van der Waals surface area contributed by atoms with E-state index in [2.05, 4.69) is 26.2 Å². The number of amides is 1. The zero-order chi connectivity index (χ0) is 15.7. The summed E-state index contributed by atoms with van der Waals surface area (Å²) in [6.07, 6.45) is 1.69. The number of nitrogens with zero attached hydrogens (tertiary/aromatic N) is 1. The number of benzene rings is 1. The van der Waals surface area contributed by atoms with Gasteiger partial charge in [0.2, 0.25) is 0 Å². The quantitative estimate of drug-likeness (QED) is 0.729. The second-order valence-electron chi connectivity index (χ2n) is 4.95. The fraction of sp³-hybridized carbons (Fsp3) is 0.125. The minimum Gasteiger partial charge on any atom is -0.383 e. The van der Waals surface area contributed by atoms with Gasteiger partial charge in [-0.1, -0.05) is 12.1 Å². The normalized spacial score (nSPS) is 10.8. The average Bonchev–Trinajstić information content (AvgIpc) is 2.84. The lowest BCUT2D eigenvalue weighted by Crippen LogP contribution is -2.21. The molecular weight excluding hydrogens is 362 g/mol. The van der Waals surface area contributed by atoms with Crippen LogP contribution in [0.5, 0.6) is 0 Å². The highest BCUT2D eigenvalue weighted by Gasteiger charge is 2.11. The van der Waals surface area contributed by atoms with Gasteiger partial charge in [-0.2, -0.15) is 0 Å². The standard InChI is InChI=1S/C16H14BrN3OS/c1-9-13(17)7-14(22-9)16(21)20-8-10-2-3-12-11(6-10)4-5-19-15(12)18/h2-7H,8H2,1H3,(H2,18,19)(H,20,21). The third-order valence-corrected chi connectivity index (χ3v) is 5.53. The van der Waals surface area contributed by atoms with E-state index in [9.17, 15) is 4.79 Å². The minimum atomic E-state index is -0.0619. The summed E-state index contributed by atoms with van der Waals surface area (Å²) < 4.78 is 0.969. The molecule has 0 fully saturated rings. The minimum absolute atomic E-state index is 0.0619. The highest BCUT2D eigenvalue weighted by atomic mass is 79.9. The second-order valence-corrected chi connectivity index (χ2v) is 7.06. The van der Waals surface area contributed by atoms with Crippen LogP contribution in [0.4, 0.5) is 5.82 Å². The molecular formula is C16H14BrN3OS. The number of fused-ring (bicyclic) bond motifs is 1. The molecule has 1 amide bonds. The molecule has 0 saturated heterocycles. The summed E-state index contributed by atoms with van der Waals surface area (Å²) >= 11 is 4.91. The van der Waals surface area contributed by atoms with Crippen LogP contribution in [-0.2, 0) is 6.54 Å². The van der Waals surface area contributed by atoms with Crippen LogP contribution < -0.4 is 11.1 Å². The van der Waals surface area contributed by atoms with Gasteiger partial charge < -0.3 is 11.1 Å². The van der Waals surface area contributed by atoms with Crippen LogP contribution in [-0.4, -0.2) is 10.9 Å². The van der Waals surface area contributed by atoms with Gasteiger partial charge in [-0.3, -0.25) is 4.79 Å². The van der Waals surface area contributed by atoms with Crippen LogP contribution in [0.3, 0.4) is 0 Å². The number of rotatable bonds is 3. The fourth-order valence-corrected chi connectivity index (χ4v) is 3.65. The predicted octanol–water partition coefficient (Wildman–Crippen LogP) is 3.88. The van der Waals surface area contributed by atoms with Crippen LogP contribution in [0.25, 0.3) is 10.8 Å². The number of hydrogen-bond donors (Lipinski definition) is 2. The van der Waals surface area contributed by atoms with Crippen LogP contribution >= 0.6 is 27.3 Å². The second kappa shape index (κ2) is 6.06.